The van der Waals surface area contributed by atoms with Crippen molar-refractivity contribution in [2.45, 2.75) is 6.92 Å². The second-order valence-corrected chi connectivity index (χ2v) is 6.14. The molecule has 3 heterocycles. The summed E-state index contributed by atoms with van der Waals surface area (Å²) in [6, 6.07) is 13.8. The number of nitrogens with zero attached hydrogens (tertiary/aromatic N) is 4. The molecule has 0 aliphatic rings. The lowest BCUT2D eigenvalue weighted by atomic mass is 10.0. The van der Waals surface area contributed by atoms with Gasteiger partial charge in [-0.2, -0.15) is 5.26 Å². The van der Waals surface area contributed by atoms with Crippen molar-refractivity contribution in [1.29, 1.82) is 5.26 Å². The van der Waals surface area contributed by atoms with Crippen LogP contribution in [0.2, 0.25) is 0 Å². The lowest BCUT2D eigenvalue weighted by molar-refractivity contribution is 1.17. The van der Waals surface area contributed by atoms with Crippen molar-refractivity contribution in [1.82, 2.24) is 19.9 Å². The molecular formula is C21H16N6. The number of nitrogens with one attached hydrogen (secondary N) is 1. The molecule has 6 heteroatoms. The average Bonchev–Trinajstić information content (AvgIpc) is 3.23. The standard InChI is InChI=1S/C21H16N6/c1-13-4-2-3-5-16(13)21-25-11-15(12-26-21)17-8-19(14-6-7-24-10-14)27-20(23)18(17)9-22/h2-8,10-12,24H,1H3,(H2,23,27). The highest BCUT2D eigenvalue weighted by Crippen LogP contribution is 2.31. The lowest BCUT2D eigenvalue weighted by Crippen LogP contribution is -2.00. The van der Waals surface area contributed by atoms with Crippen molar-refractivity contribution in [2.75, 3.05) is 5.73 Å². The summed E-state index contributed by atoms with van der Waals surface area (Å²) >= 11 is 0. The van der Waals surface area contributed by atoms with Crippen LogP contribution in [-0.4, -0.2) is 19.9 Å². The lowest BCUT2D eigenvalue weighted by Gasteiger charge is -2.10. The van der Waals surface area contributed by atoms with Crippen LogP contribution in [0.3, 0.4) is 0 Å². The van der Waals surface area contributed by atoms with E-state index >= 15 is 0 Å². The Balaban J connectivity index is 1.81. The minimum Gasteiger partial charge on any atom is -0.383 e. The molecule has 27 heavy (non-hydrogen) atoms. The number of aromatic amines is 1. The summed E-state index contributed by atoms with van der Waals surface area (Å²) in [4.78, 5) is 16.3. The molecular weight excluding hydrogens is 336 g/mol. The van der Waals surface area contributed by atoms with Crippen LogP contribution >= 0.6 is 0 Å². The zero-order chi connectivity index (χ0) is 18.8. The molecule has 0 atom stereocenters. The number of nitrogen functional groups attached to an aromatic ring is 1. The van der Waals surface area contributed by atoms with Crippen molar-refractivity contribution in [3.05, 3.63) is 72.3 Å². The van der Waals surface area contributed by atoms with Crippen LogP contribution in [0.25, 0.3) is 33.8 Å². The van der Waals surface area contributed by atoms with Crippen LogP contribution in [0.4, 0.5) is 5.82 Å². The molecule has 130 valence electrons. The third kappa shape index (κ3) is 3.02. The summed E-state index contributed by atoms with van der Waals surface area (Å²) in [6.07, 6.45) is 7.07. The Labute approximate surface area is 156 Å². The number of nitrogens with two attached hydrogens (primary N) is 1. The Kier molecular flexibility index (Phi) is 4.11. The van der Waals surface area contributed by atoms with Gasteiger partial charge in [0.25, 0.3) is 0 Å². The number of anilines is 1. The van der Waals surface area contributed by atoms with E-state index in [1.807, 2.05) is 55.7 Å². The van der Waals surface area contributed by atoms with E-state index in [-0.39, 0.29) is 5.82 Å². The van der Waals surface area contributed by atoms with Gasteiger partial charge in [0.05, 0.1) is 5.69 Å². The maximum absolute atomic E-state index is 9.53. The first-order valence-corrected chi connectivity index (χ1v) is 8.39. The molecule has 3 aromatic heterocycles. The van der Waals surface area contributed by atoms with Crippen LogP contribution in [0.1, 0.15) is 11.1 Å². The summed E-state index contributed by atoms with van der Waals surface area (Å²) in [5.74, 6) is 0.831. The zero-order valence-electron chi connectivity index (χ0n) is 14.6. The molecule has 4 aromatic rings. The van der Waals surface area contributed by atoms with E-state index in [0.29, 0.717) is 22.6 Å². The second kappa shape index (κ2) is 6.73. The number of benzene rings is 1. The summed E-state index contributed by atoms with van der Waals surface area (Å²) in [5, 5.41) is 9.53. The van der Waals surface area contributed by atoms with Gasteiger partial charge in [-0.3, -0.25) is 0 Å². The van der Waals surface area contributed by atoms with Crippen molar-refractivity contribution in [3.63, 3.8) is 0 Å². The van der Waals surface area contributed by atoms with Gasteiger partial charge in [0.1, 0.15) is 17.5 Å². The van der Waals surface area contributed by atoms with Crippen LogP contribution in [-0.2, 0) is 0 Å². The van der Waals surface area contributed by atoms with Crippen LogP contribution in [0, 0.1) is 18.3 Å². The Morgan fingerprint density at radius 3 is 2.48 bits per heavy atom. The zero-order valence-corrected chi connectivity index (χ0v) is 14.6. The van der Waals surface area contributed by atoms with Crippen LogP contribution in [0.5, 0.6) is 0 Å². The number of rotatable bonds is 3. The van der Waals surface area contributed by atoms with Crippen molar-refractivity contribution in [2.24, 2.45) is 0 Å². The van der Waals surface area contributed by atoms with E-state index in [0.717, 1.165) is 22.3 Å². The van der Waals surface area contributed by atoms with Gasteiger partial charge in [-0.05, 0) is 24.6 Å². The third-order valence-corrected chi connectivity index (χ3v) is 4.40. The molecule has 1 aromatic carbocycles. The number of pyridine rings is 1. The van der Waals surface area contributed by atoms with E-state index in [1.165, 1.54) is 0 Å². The van der Waals surface area contributed by atoms with Crippen molar-refractivity contribution >= 4 is 5.82 Å². The molecule has 0 aliphatic heterocycles. The van der Waals surface area contributed by atoms with Gasteiger partial charge in [-0.15, -0.1) is 0 Å². The van der Waals surface area contributed by atoms with Gasteiger partial charge in [-0.1, -0.05) is 24.3 Å². The Morgan fingerprint density at radius 2 is 1.81 bits per heavy atom. The molecule has 0 fully saturated rings. The molecule has 0 unspecified atom stereocenters. The monoisotopic (exact) mass is 352 g/mol. The molecule has 0 saturated heterocycles. The molecule has 3 N–H and O–H groups in total. The Morgan fingerprint density at radius 1 is 1.04 bits per heavy atom. The van der Waals surface area contributed by atoms with Crippen LogP contribution in [0.15, 0.2) is 61.2 Å². The fourth-order valence-electron chi connectivity index (χ4n) is 2.97. The molecule has 0 radical (unpaired) electrons. The topological polar surface area (TPSA) is 104 Å². The normalized spacial score (nSPS) is 10.5. The van der Waals surface area contributed by atoms with Crippen molar-refractivity contribution in [3.8, 4) is 39.8 Å². The largest absolute Gasteiger partial charge is 0.383 e. The van der Waals surface area contributed by atoms with Gasteiger partial charge in [0, 0.05) is 47.0 Å². The third-order valence-electron chi connectivity index (χ3n) is 4.40. The number of nitriles is 1. The first-order chi connectivity index (χ1) is 13.2. The summed E-state index contributed by atoms with van der Waals surface area (Å²) in [7, 11) is 0. The van der Waals surface area contributed by atoms with Crippen molar-refractivity contribution < 1.29 is 0 Å². The summed E-state index contributed by atoms with van der Waals surface area (Å²) < 4.78 is 0. The molecule has 0 saturated carbocycles. The quantitative estimate of drug-likeness (QED) is 0.580. The molecule has 0 bridgehead atoms. The number of hydrogen-bond donors (Lipinski definition) is 2. The van der Waals surface area contributed by atoms with Gasteiger partial charge in [-0.25, -0.2) is 15.0 Å². The van der Waals surface area contributed by atoms with Gasteiger partial charge >= 0.3 is 0 Å². The molecule has 0 spiro atoms. The Hall–Kier alpha value is -3.98. The fourth-order valence-corrected chi connectivity index (χ4v) is 2.97. The van der Waals surface area contributed by atoms with Gasteiger partial charge < -0.3 is 10.7 Å². The number of hydrogen-bond acceptors (Lipinski definition) is 5. The SMILES string of the molecule is Cc1ccccc1-c1ncc(-c2cc(-c3cc[nH]c3)nc(N)c2C#N)cn1. The predicted molar refractivity (Wildman–Crippen MR) is 104 cm³/mol. The molecule has 0 aliphatic carbocycles. The summed E-state index contributed by atoms with van der Waals surface area (Å²) in [6.45, 7) is 2.02. The average molecular weight is 352 g/mol. The highest BCUT2D eigenvalue weighted by molar-refractivity contribution is 5.79. The molecule has 6 nitrogen and oxygen atoms in total. The Bertz CT molecular complexity index is 1140. The van der Waals surface area contributed by atoms with E-state index in [4.69, 9.17) is 5.73 Å². The van der Waals surface area contributed by atoms with E-state index in [9.17, 15) is 5.26 Å². The smallest absolute Gasteiger partial charge is 0.159 e. The molecule has 4 rings (SSSR count). The summed E-state index contributed by atoms with van der Waals surface area (Å²) in [5.41, 5.74) is 11.4. The number of aromatic nitrogens is 4. The fraction of sp³-hybridized carbons (Fsp3) is 0.0476. The second-order valence-electron chi connectivity index (χ2n) is 6.14. The number of aryl methyl sites for hydroxylation is 1. The maximum atomic E-state index is 9.53. The van der Waals surface area contributed by atoms with E-state index < -0.39 is 0 Å². The minimum atomic E-state index is 0.189. The van der Waals surface area contributed by atoms with E-state index in [1.54, 1.807) is 12.4 Å². The van der Waals surface area contributed by atoms with Crippen LogP contribution < -0.4 is 5.73 Å². The highest BCUT2D eigenvalue weighted by atomic mass is 14.9. The predicted octanol–water partition coefficient (Wildman–Crippen LogP) is 3.96. The van der Waals surface area contributed by atoms with Gasteiger partial charge in [0.15, 0.2) is 5.82 Å². The number of H-pyrrole nitrogens is 1. The van der Waals surface area contributed by atoms with E-state index in [2.05, 4.69) is 26.0 Å². The van der Waals surface area contributed by atoms with Gasteiger partial charge in [0.2, 0.25) is 0 Å². The highest BCUT2D eigenvalue weighted by Gasteiger charge is 2.15. The minimum absolute atomic E-state index is 0.189. The maximum Gasteiger partial charge on any atom is 0.159 e. The molecule has 0 amide bonds. The first kappa shape index (κ1) is 16.5. The first-order valence-electron chi connectivity index (χ1n) is 8.39.